The topological polar surface area (TPSA) is 52.3 Å². The minimum Gasteiger partial charge on any atom is -0.438 e. The maximum absolute atomic E-state index is 10.8. The average molecular weight is 270 g/mol. The SMILES string of the molecule is Cc1cc(Br)cc(C2(OC(N)=O)CC2)c1. The molecule has 0 saturated heterocycles. The Balaban J connectivity index is 2.32. The van der Waals surface area contributed by atoms with Gasteiger partial charge in [0, 0.05) is 4.47 Å². The minimum atomic E-state index is -0.704. The molecule has 0 spiro atoms. The van der Waals surface area contributed by atoms with Crippen LogP contribution in [0.15, 0.2) is 22.7 Å². The zero-order valence-electron chi connectivity index (χ0n) is 8.42. The molecule has 4 heteroatoms. The summed E-state index contributed by atoms with van der Waals surface area (Å²) in [6.45, 7) is 2.01. The molecular weight excluding hydrogens is 258 g/mol. The van der Waals surface area contributed by atoms with Crippen LogP contribution >= 0.6 is 15.9 Å². The number of carbonyl (C=O) groups excluding carboxylic acids is 1. The van der Waals surface area contributed by atoms with Crippen LogP contribution in [0.25, 0.3) is 0 Å². The molecule has 1 aliphatic carbocycles. The quantitative estimate of drug-likeness (QED) is 0.898. The number of hydrogen-bond donors (Lipinski definition) is 1. The van der Waals surface area contributed by atoms with Crippen LogP contribution in [-0.2, 0) is 10.3 Å². The van der Waals surface area contributed by atoms with Crippen LogP contribution < -0.4 is 5.73 Å². The van der Waals surface area contributed by atoms with Gasteiger partial charge in [-0.05, 0) is 43.0 Å². The summed E-state index contributed by atoms with van der Waals surface area (Å²) in [6.07, 6.45) is 1.00. The van der Waals surface area contributed by atoms with Gasteiger partial charge in [-0.15, -0.1) is 0 Å². The third-order valence-corrected chi connectivity index (χ3v) is 3.03. The minimum absolute atomic E-state index is 0.458. The van der Waals surface area contributed by atoms with Crippen molar-refractivity contribution in [2.45, 2.75) is 25.4 Å². The molecule has 0 aromatic heterocycles. The molecule has 1 saturated carbocycles. The van der Waals surface area contributed by atoms with Gasteiger partial charge in [-0.1, -0.05) is 22.0 Å². The molecule has 3 nitrogen and oxygen atoms in total. The lowest BCUT2D eigenvalue weighted by atomic mass is 10.1. The highest BCUT2D eigenvalue weighted by atomic mass is 79.9. The zero-order valence-corrected chi connectivity index (χ0v) is 10.0. The van der Waals surface area contributed by atoms with Crippen molar-refractivity contribution < 1.29 is 9.53 Å². The molecule has 15 heavy (non-hydrogen) atoms. The number of amides is 1. The maximum Gasteiger partial charge on any atom is 0.405 e. The molecule has 0 bridgehead atoms. The molecule has 2 N–H and O–H groups in total. The van der Waals surface area contributed by atoms with Gasteiger partial charge < -0.3 is 10.5 Å². The Kier molecular flexibility index (Phi) is 2.46. The average Bonchev–Trinajstić information content (AvgIpc) is 2.82. The van der Waals surface area contributed by atoms with Crippen LogP contribution in [0, 0.1) is 6.92 Å². The standard InChI is InChI=1S/C11H12BrNO2/c1-7-4-8(6-9(12)5-7)11(2-3-11)15-10(13)14/h4-6H,2-3H2,1H3,(H2,13,14). The van der Waals surface area contributed by atoms with Gasteiger partial charge in [0.25, 0.3) is 0 Å². The van der Waals surface area contributed by atoms with Crippen molar-refractivity contribution in [3.8, 4) is 0 Å². The summed E-state index contributed by atoms with van der Waals surface area (Å²) in [5.74, 6) is 0. The molecule has 1 aromatic carbocycles. The molecule has 0 unspecified atom stereocenters. The second-order valence-corrected chi connectivity index (χ2v) is 4.85. The number of hydrogen-bond acceptors (Lipinski definition) is 2. The second kappa shape index (κ2) is 3.52. The Hall–Kier alpha value is -1.03. The molecule has 1 aliphatic rings. The van der Waals surface area contributed by atoms with Crippen LogP contribution in [0.3, 0.4) is 0 Å². The van der Waals surface area contributed by atoms with E-state index >= 15 is 0 Å². The van der Waals surface area contributed by atoms with Crippen LogP contribution in [0.1, 0.15) is 24.0 Å². The van der Waals surface area contributed by atoms with Gasteiger partial charge in [0.2, 0.25) is 0 Å². The van der Waals surface area contributed by atoms with Crippen molar-refractivity contribution in [2.75, 3.05) is 0 Å². The van der Waals surface area contributed by atoms with Crippen molar-refractivity contribution in [1.29, 1.82) is 0 Å². The summed E-state index contributed by atoms with van der Waals surface area (Å²) in [6, 6.07) is 6.02. The van der Waals surface area contributed by atoms with Crippen molar-refractivity contribution >= 4 is 22.0 Å². The van der Waals surface area contributed by atoms with E-state index in [4.69, 9.17) is 10.5 Å². The molecule has 0 radical (unpaired) electrons. The molecule has 1 aromatic rings. The molecule has 1 fully saturated rings. The van der Waals surface area contributed by atoms with Crippen molar-refractivity contribution in [2.24, 2.45) is 5.73 Å². The summed E-state index contributed by atoms with van der Waals surface area (Å²) in [4.78, 5) is 10.8. The molecule has 2 rings (SSSR count). The maximum atomic E-state index is 10.8. The van der Waals surface area contributed by atoms with Crippen LogP contribution in [0.2, 0.25) is 0 Å². The smallest absolute Gasteiger partial charge is 0.405 e. The predicted octanol–water partition coefficient (Wildman–Crippen LogP) is 2.84. The van der Waals surface area contributed by atoms with E-state index in [1.807, 2.05) is 25.1 Å². The summed E-state index contributed by atoms with van der Waals surface area (Å²) < 4.78 is 6.16. The largest absolute Gasteiger partial charge is 0.438 e. The second-order valence-electron chi connectivity index (χ2n) is 3.93. The Morgan fingerprint density at radius 1 is 1.47 bits per heavy atom. The van der Waals surface area contributed by atoms with Crippen LogP contribution in [-0.4, -0.2) is 6.09 Å². The summed E-state index contributed by atoms with van der Waals surface area (Å²) in [5.41, 5.74) is 6.76. The number of carbonyl (C=O) groups is 1. The summed E-state index contributed by atoms with van der Waals surface area (Å²) >= 11 is 3.43. The summed E-state index contributed by atoms with van der Waals surface area (Å²) in [7, 11) is 0. The Bertz CT molecular complexity index is 393. The van der Waals surface area contributed by atoms with Gasteiger partial charge in [-0.25, -0.2) is 4.79 Å². The fourth-order valence-corrected chi connectivity index (χ4v) is 2.36. The lowest BCUT2D eigenvalue weighted by Gasteiger charge is -2.16. The molecular formula is C11H12BrNO2. The highest BCUT2D eigenvalue weighted by molar-refractivity contribution is 9.10. The van der Waals surface area contributed by atoms with E-state index in [1.165, 1.54) is 0 Å². The van der Waals surface area contributed by atoms with E-state index in [0.29, 0.717) is 0 Å². The number of primary amides is 1. The van der Waals surface area contributed by atoms with E-state index < -0.39 is 11.7 Å². The molecule has 0 heterocycles. The van der Waals surface area contributed by atoms with Gasteiger partial charge in [-0.3, -0.25) is 0 Å². The first-order chi connectivity index (χ1) is 7.02. The first-order valence-electron chi connectivity index (χ1n) is 4.78. The lowest BCUT2D eigenvalue weighted by Crippen LogP contribution is -2.22. The monoisotopic (exact) mass is 269 g/mol. The third kappa shape index (κ3) is 2.15. The van der Waals surface area contributed by atoms with Gasteiger partial charge in [0.15, 0.2) is 0 Å². The van der Waals surface area contributed by atoms with E-state index in [9.17, 15) is 4.79 Å². The van der Waals surface area contributed by atoms with E-state index in [0.717, 1.165) is 28.4 Å². The number of aryl methyl sites for hydroxylation is 1. The number of rotatable bonds is 2. The van der Waals surface area contributed by atoms with Crippen molar-refractivity contribution in [1.82, 2.24) is 0 Å². The fourth-order valence-electron chi connectivity index (χ4n) is 1.76. The highest BCUT2D eigenvalue weighted by Crippen LogP contribution is 2.49. The van der Waals surface area contributed by atoms with Crippen molar-refractivity contribution in [3.63, 3.8) is 0 Å². The highest BCUT2D eigenvalue weighted by Gasteiger charge is 2.48. The first kappa shape index (κ1) is 10.5. The predicted molar refractivity (Wildman–Crippen MR) is 60.5 cm³/mol. The number of halogens is 1. The number of nitrogens with two attached hydrogens (primary N) is 1. The van der Waals surface area contributed by atoms with Gasteiger partial charge in [0.05, 0.1) is 0 Å². The molecule has 1 amide bonds. The number of ether oxygens (including phenoxy) is 1. The zero-order chi connectivity index (χ0) is 11.1. The Morgan fingerprint density at radius 2 is 2.13 bits per heavy atom. The van der Waals surface area contributed by atoms with Crippen molar-refractivity contribution in [3.05, 3.63) is 33.8 Å². The van der Waals surface area contributed by atoms with Gasteiger partial charge >= 0.3 is 6.09 Å². The molecule has 80 valence electrons. The van der Waals surface area contributed by atoms with E-state index in [2.05, 4.69) is 15.9 Å². The molecule has 0 atom stereocenters. The lowest BCUT2D eigenvalue weighted by molar-refractivity contribution is 0.0899. The van der Waals surface area contributed by atoms with Gasteiger partial charge in [-0.2, -0.15) is 0 Å². The number of benzene rings is 1. The van der Waals surface area contributed by atoms with Crippen LogP contribution in [0.5, 0.6) is 0 Å². The fraction of sp³-hybridized carbons (Fsp3) is 0.364. The summed E-state index contributed by atoms with van der Waals surface area (Å²) in [5, 5.41) is 0. The Labute approximate surface area is 96.7 Å². The van der Waals surface area contributed by atoms with E-state index in [-0.39, 0.29) is 0 Å². The normalized spacial score (nSPS) is 17.2. The Morgan fingerprint density at radius 3 is 2.60 bits per heavy atom. The van der Waals surface area contributed by atoms with E-state index in [1.54, 1.807) is 0 Å². The molecule has 0 aliphatic heterocycles. The van der Waals surface area contributed by atoms with Crippen LogP contribution in [0.4, 0.5) is 4.79 Å². The third-order valence-electron chi connectivity index (χ3n) is 2.57. The first-order valence-corrected chi connectivity index (χ1v) is 5.57. The van der Waals surface area contributed by atoms with Gasteiger partial charge in [0.1, 0.15) is 5.60 Å².